The minimum atomic E-state index is -1.13. The molecule has 2 amide bonds. The van der Waals surface area contributed by atoms with Gasteiger partial charge in [0.05, 0.1) is 31.5 Å². The van der Waals surface area contributed by atoms with Gasteiger partial charge >= 0.3 is 12.0 Å². The minimum absolute atomic E-state index is 0.145. The molecule has 0 unspecified atom stereocenters. The number of hydrogen-bond donors (Lipinski definition) is 4. The number of rotatable bonds is 13. The Balaban J connectivity index is 1.36. The zero-order chi connectivity index (χ0) is 30.8. The molecule has 11 nitrogen and oxygen atoms in total. The highest BCUT2D eigenvalue weighted by Crippen LogP contribution is 2.35. The van der Waals surface area contributed by atoms with Crippen molar-refractivity contribution in [2.24, 2.45) is 5.10 Å². The molecule has 0 aromatic heterocycles. The van der Waals surface area contributed by atoms with Gasteiger partial charge in [0.2, 0.25) is 0 Å². The lowest BCUT2D eigenvalue weighted by atomic mass is 9.95. The molecule has 226 valence electrons. The molecule has 0 saturated carbocycles. The highest BCUT2D eigenvalue weighted by Gasteiger charge is 2.32. The van der Waals surface area contributed by atoms with Crippen LogP contribution in [0.15, 0.2) is 83.1 Å². The van der Waals surface area contributed by atoms with Crippen molar-refractivity contribution in [1.29, 1.82) is 0 Å². The molecule has 3 aromatic carbocycles. The van der Waals surface area contributed by atoms with Gasteiger partial charge in [-0.1, -0.05) is 48.0 Å². The Kier molecular flexibility index (Phi) is 10.8. The maximum atomic E-state index is 12.4. The van der Waals surface area contributed by atoms with Gasteiger partial charge in [-0.3, -0.25) is 5.43 Å². The van der Waals surface area contributed by atoms with Gasteiger partial charge in [-0.25, -0.2) is 9.59 Å². The average Bonchev–Trinajstić information content (AvgIpc) is 2.99. The van der Waals surface area contributed by atoms with Crippen molar-refractivity contribution in [3.8, 4) is 17.2 Å². The quantitative estimate of drug-likeness (QED) is 0.0967. The van der Waals surface area contributed by atoms with Crippen LogP contribution in [0.5, 0.6) is 17.2 Å². The standard InChI is InChI=1S/C31H33ClN4O7/c1-4-41-26-15-21(29-28(30(38)40-3)19(2)34-31(39)35-29)12-13-25(26)43-18-27(37)36-33-16-20-8-7-10-23(14-20)42-17-22-9-5-6-11-24(22)32/h5-16,27,29,36-37H,4,17-18H2,1-3H3,(H2,34,35,39)/b33-16+/t27-,29-/m1/s1. The number of hydrogen-bond acceptors (Lipinski definition) is 9. The molecule has 3 aromatic rings. The fourth-order valence-electron chi connectivity index (χ4n) is 4.28. The minimum Gasteiger partial charge on any atom is -0.490 e. The molecule has 0 bridgehead atoms. The summed E-state index contributed by atoms with van der Waals surface area (Å²) in [7, 11) is 1.28. The van der Waals surface area contributed by atoms with Gasteiger partial charge in [-0.2, -0.15) is 5.10 Å². The Labute approximate surface area is 254 Å². The van der Waals surface area contributed by atoms with Crippen LogP contribution in [0.4, 0.5) is 4.79 Å². The SMILES string of the molecule is CCOc1cc([C@H]2NC(=O)NC(C)=C2C(=O)OC)ccc1OC[C@@H](O)N/N=C/c1cccc(OCc2ccccc2Cl)c1. The number of carbonyl (C=O) groups excluding carboxylic acids is 2. The molecule has 0 fully saturated rings. The van der Waals surface area contributed by atoms with Crippen LogP contribution < -0.4 is 30.3 Å². The normalized spacial score (nSPS) is 15.4. The van der Waals surface area contributed by atoms with Crippen molar-refractivity contribution < 1.29 is 33.6 Å². The van der Waals surface area contributed by atoms with Crippen molar-refractivity contribution >= 4 is 29.8 Å². The molecule has 1 aliphatic rings. The highest BCUT2D eigenvalue weighted by atomic mass is 35.5. The number of ether oxygens (including phenoxy) is 4. The largest absolute Gasteiger partial charge is 0.490 e. The third kappa shape index (κ3) is 8.40. The van der Waals surface area contributed by atoms with E-state index in [-0.39, 0.29) is 12.2 Å². The number of halogens is 1. The Hall–Kier alpha value is -4.74. The number of esters is 1. The van der Waals surface area contributed by atoms with Gasteiger partial charge in [-0.15, -0.1) is 0 Å². The summed E-state index contributed by atoms with van der Waals surface area (Å²) in [6, 6.07) is 18.6. The monoisotopic (exact) mass is 608 g/mol. The van der Waals surface area contributed by atoms with Crippen molar-refractivity contribution in [2.45, 2.75) is 32.7 Å². The zero-order valence-corrected chi connectivity index (χ0v) is 24.7. The number of aliphatic hydroxyl groups excluding tert-OH is 1. The van der Waals surface area contributed by atoms with E-state index in [4.69, 9.17) is 30.5 Å². The Morgan fingerprint density at radius 2 is 1.91 bits per heavy atom. The Morgan fingerprint density at radius 3 is 2.67 bits per heavy atom. The van der Waals surface area contributed by atoms with Gasteiger partial charge < -0.3 is 34.7 Å². The molecule has 43 heavy (non-hydrogen) atoms. The van der Waals surface area contributed by atoms with Crippen molar-refractivity contribution in [2.75, 3.05) is 20.3 Å². The number of urea groups is 1. The first-order chi connectivity index (χ1) is 20.8. The fourth-order valence-corrected chi connectivity index (χ4v) is 4.47. The number of nitrogens with zero attached hydrogens (tertiary/aromatic N) is 1. The van der Waals surface area contributed by atoms with Gasteiger partial charge in [0, 0.05) is 16.3 Å². The van der Waals surface area contributed by atoms with Crippen LogP contribution in [0, 0.1) is 0 Å². The molecule has 0 radical (unpaired) electrons. The van der Waals surface area contributed by atoms with E-state index in [0.29, 0.717) is 46.7 Å². The number of methoxy groups -OCH3 is 1. The third-order valence-electron chi connectivity index (χ3n) is 6.32. The average molecular weight is 609 g/mol. The molecular formula is C31H33ClN4O7. The summed E-state index contributed by atoms with van der Waals surface area (Å²) >= 11 is 6.20. The van der Waals surface area contributed by atoms with Gasteiger partial charge in [-0.05, 0) is 55.3 Å². The molecular weight excluding hydrogens is 576 g/mol. The number of allylic oxidation sites excluding steroid dienone is 1. The second-order valence-corrected chi connectivity index (χ2v) is 9.77. The van der Waals surface area contributed by atoms with E-state index < -0.39 is 24.3 Å². The first-order valence-corrected chi connectivity index (χ1v) is 13.9. The Morgan fingerprint density at radius 1 is 1.09 bits per heavy atom. The van der Waals surface area contributed by atoms with Crippen LogP contribution in [0.25, 0.3) is 0 Å². The lowest BCUT2D eigenvalue weighted by molar-refractivity contribution is -0.136. The predicted octanol–water partition coefficient (Wildman–Crippen LogP) is 4.44. The van der Waals surface area contributed by atoms with Crippen LogP contribution >= 0.6 is 11.6 Å². The third-order valence-corrected chi connectivity index (χ3v) is 6.69. The predicted molar refractivity (Wildman–Crippen MR) is 161 cm³/mol. The van der Waals surface area contributed by atoms with Crippen molar-refractivity contribution in [1.82, 2.24) is 16.1 Å². The maximum Gasteiger partial charge on any atom is 0.337 e. The Bertz CT molecular complexity index is 1510. The van der Waals surface area contributed by atoms with Crippen molar-refractivity contribution in [3.05, 3.63) is 99.7 Å². The second-order valence-electron chi connectivity index (χ2n) is 9.37. The first kappa shape index (κ1) is 31.2. The number of carbonyl (C=O) groups is 2. The second kappa shape index (κ2) is 14.9. The smallest absolute Gasteiger partial charge is 0.337 e. The van der Waals surface area contributed by atoms with E-state index in [1.165, 1.54) is 7.11 Å². The van der Waals surface area contributed by atoms with Crippen LogP contribution in [0.1, 0.15) is 36.6 Å². The van der Waals surface area contributed by atoms with E-state index in [2.05, 4.69) is 21.2 Å². The first-order valence-electron chi connectivity index (χ1n) is 13.5. The van der Waals surface area contributed by atoms with Crippen LogP contribution in [0.2, 0.25) is 5.02 Å². The van der Waals surface area contributed by atoms with Crippen LogP contribution in [-0.4, -0.2) is 49.9 Å². The summed E-state index contributed by atoms with van der Waals surface area (Å²) < 4.78 is 22.3. The van der Waals surface area contributed by atoms with Gasteiger partial charge in [0.15, 0.2) is 17.7 Å². The topological polar surface area (TPSA) is 140 Å². The van der Waals surface area contributed by atoms with Gasteiger partial charge in [0.25, 0.3) is 0 Å². The summed E-state index contributed by atoms with van der Waals surface area (Å²) in [5.74, 6) is 0.811. The number of nitrogens with one attached hydrogen (secondary N) is 3. The molecule has 1 aliphatic heterocycles. The molecule has 0 aliphatic carbocycles. The summed E-state index contributed by atoms with van der Waals surface area (Å²) in [5.41, 5.74) is 5.52. The zero-order valence-electron chi connectivity index (χ0n) is 23.9. The van der Waals surface area contributed by atoms with Crippen molar-refractivity contribution in [3.63, 3.8) is 0 Å². The lowest BCUT2D eigenvalue weighted by Crippen LogP contribution is -2.45. The molecule has 0 spiro atoms. The molecule has 1 heterocycles. The maximum absolute atomic E-state index is 12.4. The van der Waals surface area contributed by atoms with E-state index in [0.717, 1.165) is 11.1 Å². The number of amides is 2. The number of aliphatic hydroxyl groups is 1. The number of hydrazone groups is 1. The summed E-state index contributed by atoms with van der Waals surface area (Å²) in [6.45, 7) is 3.96. The van der Waals surface area contributed by atoms with E-state index in [1.807, 2.05) is 55.5 Å². The van der Waals surface area contributed by atoms with E-state index in [9.17, 15) is 14.7 Å². The molecule has 4 N–H and O–H groups in total. The van der Waals surface area contributed by atoms with Gasteiger partial charge in [0.1, 0.15) is 19.0 Å². The summed E-state index contributed by atoms with van der Waals surface area (Å²) in [6.07, 6.45) is 0.415. The van der Waals surface area contributed by atoms with Crippen LogP contribution in [0.3, 0.4) is 0 Å². The summed E-state index contributed by atoms with van der Waals surface area (Å²) in [5, 5.41) is 20.5. The molecule has 12 heteroatoms. The lowest BCUT2D eigenvalue weighted by Gasteiger charge is -2.28. The van der Waals surface area contributed by atoms with E-state index >= 15 is 0 Å². The number of benzene rings is 3. The molecule has 2 atom stereocenters. The highest BCUT2D eigenvalue weighted by molar-refractivity contribution is 6.31. The fraction of sp³-hybridized carbons (Fsp3) is 0.258. The van der Waals surface area contributed by atoms with Crippen LogP contribution in [-0.2, 0) is 16.1 Å². The van der Waals surface area contributed by atoms with E-state index in [1.54, 1.807) is 31.3 Å². The molecule has 4 rings (SSSR count). The molecule has 0 saturated heterocycles. The summed E-state index contributed by atoms with van der Waals surface area (Å²) in [4.78, 5) is 24.6.